The molecule has 3 radical (unpaired) electrons. The average Bonchev–Trinajstić information content (AvgIpc) is 0. The molecule has 0 unspecified atom stereocenters. The average molecular weight is 775 g/mol. The Balaban J connectivity index is 0. The van der Waals surface area contributed by atoms with Crippen molar-refractivity contribution in [3.8, 4) is 0 Å². The van der Waals surface area contributed by atoms with Gasteiger partial charge in [-0.25, -0.2) is 0 Å². The molecule has 0 aromatic carbocycles. The minimum atomic E-state index is 0. The largest absolute Gasteiger partial charge is 3.00 e. The standard InChI is InChI=1S/7P.3Re/q7*-3;;;. The molecule has 0 bridgehead atoms. The summed E-state index contributed by atoms with van der Waals surface area (Å²) in [6.45, 7) is 0. The summed E-state index contributed by atoms with van der Waals surface area (Å²) in [5.41, 5.74) is 0. The van der Waals surface area contributed by atoms with Gasteiger partial charge in [0.15, 0.2) is 0 Å². The molecule has 0 N–H and O–H groups in total. The fraction of sp³-hybridized carbons (Fsp3) is 0. The summed E-state index contributed by atoms with van der Waals surface area (Å²) in [6.07, 6.45) is 0. The molecule has 0 atom stereocenters. The van der Waals surface area contributed by atoms with Crippen molar-refractivity contribution in [1.29, 1.82) is 0 Å². The van der Waals surface area contributed by atoms with Crippen LogP contribution < -0.4 is 0 Å². The topological polar surface area (TPSA) is 0 Å². The van der Waals surface area contributed by atoms with Gasteiger partial charge in [-0.1, -0.05) is 0 Å². The van der Waals surface area contributed by atoms with Crippen molar-refractivity contribution >= 4 is 69.3 Å². The van der Waals surface area contributed by atoms with Crippen molar-refractivity contribution in [2.45, 2.75) is 0 Å². The molecule has 0 heterocycles. The first kappa shape index (κ1) is 118. The summed E-state index contributed by atoms with van der Waals surface area (Å²) < 4.78 is 0. The number of hydrogen-bond acceptors (Lipinski definition) is 0. The van der Waals surface area contributed by atoms with Gasteiger partial charge in [0.2, 0.25) is 0 Å². The monoisotopic (exact) mass is 778 g/mol. The molecule has 10 heavy (non-hydrogen) atoms. The molecule has 0 saturated carbocycles. The zero-order valence-corrected chi connectivity index (χ0v) is 18.7. The summed E-state index contributed by atoms with van der Waals surface area (Å²) in [4.78, 5) is 0. The third-order valence-electron chi connectivity index (χ3n) is 0. The zero-order valence-electron chi connectivity index (χ0n) is 4.26. The Hall–Kier alpha value is 5.00. The van der Waals surface area contributed by atoms with Crippen molar-refractivity contribution in [1.82, 2.24) is 0 Å². The second kappa shape index (κ2) is 94.7. The molecule has 0 saturated heterocycles. The third kappa shape index (κ3) is 74.9. The van der Waals surface area contributed by atoms with Gasteiger partial charge >= 0.3 is 0 Å². The van der Waals surface area contributed by atoms with Crippen LogP contribution in [0.3, 0.4) is 0 Å². The first-order chi connectivity index (χ1) is 0. The number of rotatable bonds is 0. The van der Waals surface area contributed by atoms with Gasteiger partial charge in [-0.3, -0.25) is 0 Å². The van der Waals surface area contributed by atoms with E-state index in [1.54, 1.807) is 0 Å². The van der Waals surface area contributed by atoms with Crippen LogP contribution in [-0.2, 0) is 61.3 Å². The van der Waals surface area contributed by atoms with Crippen LogP contribution in [0.4, 0.5) is 0 Å². The molecular weight excluding hydrogens is 775 g/mol. The minimum absolute atomic E-state index is 0. The maximum absolute atomic E-state index is 0. The summed E-state index contributed by atoms with van der Waals surface area (Å²) in [6, 6.07) is 0. The molecule has 0 rings (SSSR count). The van der Waals surface area contributed by atoms with E-state index in [0.717, 1.165) is 0 Å². The second-order valence-corrected chi connectivity index (χ2v) is 0. The Bertz CT molecular complexity index is 8.81. The Kier molecular flexibility index (Phi) is 1110. The normalized spacial score (nSPS) is 0. The van der Waals surface area contributed by atoms with Crippen LogP contribution in [0.2, 0.25) is 0 Å². The maximum Gasteiger partial charge on any atom is 0 e. The number of hydrogen-bond donors (Lipinski definition) is 0. The van der Waals surface area contributed by atoms with E-state index in [0.29, 0.717) is 0 Å². The van der Waals surface area contributed by atoms with Crippen LogP contribution in [0.15, 0.2) is 0 Å². The van der Waals surface area contributed by atoms with E-state index in [1.165, 1.54) is 0 Å². The van der Waals surface area contributed by atoms with Crippen molar-refractivity contribution in [3.63, 3.8) is 0 Å². The second-order valence-electron chi connectivity index (χ2n) is 0. The van der Waals surface area contributed by atoms with Crippen LogP contribution in [0, 0.1) is 0 Å². The van der Waals surface area contributed by atoms with Gasteiger partial charge in [-0.05, 0) is 0 Å². The van der Waals surface area contributed by atoms with Crippen LogP contribution in [0.5, 0.6) is 0 Å². The van der Waals surface area contributed by atoms with Crippen LogP contribution >= 0.6 is 69.3 Å². The molecule has 0 aliphatic heterocycles. The smallest absolute Gasteiger partial charge is 0 e. The molecule has 10 heteroatoms. The minimum Gasteiger partial charge on any atom is -3.00 e. The van der Waals surface area contributed by atoms with Crippen molar-refractivity contribution in [2.75, 3.05) is 0 Å². The van der Waals surface area contributed by atoms with Gasteiger partial charge in [-0.2, -0.15) is 0 Å². The summed E-state index contributed by atoms with van der Waals surface area (Å²) in [5.74, 6) is 0. The molecule has 0 aliphatic rings. The van der Waals surface area contributed by atoms with Gasteiger partial charge in [0.05, 0.1) is 0 Å². The predicted octanol–water partition coefficient (Wildman–Crippen LogP) is 6.02. The molecule has 0 spiro atoms. The van der Waals surface area contributed by atoms with Gasteiger partial charge in [0, 0.05) is 61.3 Å². The van der Waals surface area contributed by atoms with E-state index >= 15 is 0 Å². The van der Waals surface area contributed by atoms with Crippen LogP contribution in [0.1, 0.15) is 0 Å². The molecule has 0 aromatic heterocycles. The Morgan fingerprint density at radius 2 is 0.200 bits per heavy atom. The van der Waals surface area contributed by atoms with E-state index in [1.807, 2.05) is 0 Å². The van der Waals surface area contributed by atoms with Gasteiger partial charge < -0.3 is 69.3 Å². The van der Waals surface area contributed by atoms with Crippen molar-refractivity contribution in [2.24, 2.45) is 0 Å². The van der Waals surface area contributed by atoms with E-state index < -0.39 is 0 Å². The van der Waals surface area contributed by atoms with Crippen LogP contribution in [-0.4, -0.2) is 0 Å². The third-order valence-corrected chi connectivity index (χ3v) is 0. The van der Waals surface area contributed by atoms with E-state index in [-0.39, 0.29) is 131 Å². The first-order valence-electron chi connectivity index (χ1n) is 0. The zero-order chi connectivity index (χ0) is 0. The van der Waals surface area contributed by atoms with E-state index in [2.05, 4.69) is 0 Å². The Morgan fingerprint density at radius 3 is 0.200 bits per heavy atom. The van der Waals surface area contributed by atoms with Crippen molar-refractivity contribution in [3.05, 3.63) is 0 Å². The SMILES string of the molecule is [P-3].[P-3].[P-3].[P-3].[P-3].[P-3].[P-3].[Re].[Re].[Re]. The molecule has 77 valence electrons. The fourth-order valence-corrected chi connectivity index (χ4v) is 0. The van der Waals surface area contributed by atoms with Gasteiger partial charge in [0.1, 0.15) is 0 Å². The molecule has 0 amide bonds. The first-order valence-corrected chi connectivity index (χ1v) is 0. The van der Waals surface area contributed by atoms with Gasteiger partial charge in [0.25, 0.3) is 0 Å². The van der Waals surface area contributed by atoms with E-state index in [4.69, 9.17) is 0 Å². The maximum atomic E-state index is 0. The quantitative estimate of drug-likeness (QED) is 0.265. The molecular formula is P7Re3-21. The molecule has 0 fully saturated rings. The molecule has 0 nitrogen and oxygen atoms in total. The summed E-state index contributed by atoms with van der Waals surface area (Å²) in [5, 5.41) is 0. The molecule has 0 aromatic rings. The summed E-state index contributed by atoms with van der Waals surface area (Å²) >= 11 is 0. The van der Waals surface area contributed by atoms with Crippen LogP contribution in [0.25, 0.3) is 0 Å². The summed E-state index contributed by atoms with van der Waals surface area (Å²) in [7, 11) is 0. The van der Waals surface area contributed by atoms with Crippen molar-refractivity contribution < 1.29 is 61.3 Å². The van der Waals surface area contributed by atoms with Gasteiger partial charge in [-0.15, -0.1) is 0 Å². The Labute approximate surface area is 129 Å². The molecule has 0 aliphatic carbocycles. The predicted molar refractivity (Wildman–Crippen MR) is 48.4 cm³/mol. The Morgan fingerprint density at radius 1 is 0.200 bits per heavy atom. The van der Waals surface area contributed by atoms with E-state index in [9.17, 15) is 0 Å². The fourth-order valence-electron chi connectivity index (χ4n) is 0.